The number of fused-ring (bicyclic) bond motifs is 2. The first-order chi connectivity index (χ1) is 13.7. The molecule has 0 radical (unpaired) electrons. The zero-order valence-corrected chi connectivity index (χ0v) is 15.2. The van der Waals surface area contributed by atoms with Crippen LogP contribution in [0, 0.1) is 5.92 Å². The number of carboxylic acids is 1. The normalized spacial score (nSPS) is 19.2. The highest BCUT2D eigenvalue weighted by Gasteiger charge is 2.27. The van der Waals surface area contributed by atoms with Gasteiger partial charge in [-0.1, -0.05) is 0 Å². The largest absolute Gasteiger partial charge is 0.481 e. The summed E-state index contributed by atoms with van der Waals surface area (Å²) < 4.78 is 12.9. The number of carbonyl (C=O) groups is 1. The third kappa shape index (κ3) is 2.95. The van der Waals surface area contributed by atoms with Crippen LogP contribution < -0.4 is 9.47 Å². The topological polar surface area (TPSA) is 89.2 Å². The standard InChI is InChI=1S/C20H20N4O4/c25-19(26)14-3-1-7-23(10-14)11-15-18(22-20-21-6-2-8-24(15)20)13-4-5-16-17(9-13)28-12-27-16/h2,4-6,8-9,14H,1,3,7,10-12H2,(H,25,26). The Kier molecular flexibility index (Phi) is 4.12. The minimum Gasteiger partial charge on any atom is -0.481 e. The van der Waals surface area contributed by atoms with Gasteiger partial charge in [0.1, 0.15) is 0 Å². The van der Waals surface area contributed by atoms with Gasteiger partial charge in [0.25, 0.3) is 0 Å². The lowest BCUT2D eigenvalue weighted by atomic mass is 9.98. The fourth-order valence-corrected chi connectivity index (χ4v) is 3.97. The van der Waals surface area contributed by atoms with Crippen molar-refractivity contribution in [1.29, 1.82) is 0 Å². The minimum atomic E-state index is -0.722. The first kappa shape index (κ1) is 17.0. The number of ether oxygens (including phenoxy) is 2. The lowest BCUT2D eigenvalue weighted by Crippen LogP contribution is -2.38. The van der Waals surface area contributed by atoms with Crippen molar-refractivity contribution >= 4 is 11.7 Å². The van der Waals surface area contributed by atoms with Crippen molar-refractivity contribution in [1.82, 2.24) is 19.3 Å². The lowest BCUT2D eigenvalue weighted by Gasteiger charge is -2.30. The highest BCUT2D eigenvalue weighted by Crippen LogP contribution is 2.37. The molecule has 4 heterocycles. The van der Waals surface area contributed by atoms with E-state index in [9.17, 15) is 9.90 Å². The zero-order valence-electron chi connectivity index (χ0n) is 15.2. The Bertz CT molecular complexity index is 1050. The molecule has 28 heavy (non-hydrogen) atoms. The van der Waals surface area contributed by atoms with E-state index in [0.29, 0.717) is 24.6 Å². The maximum absolute atomic E-state index is 11.4. The number of likely N-dealkylation sites (tertiary alicyclic amines) is 1. The maximum atomic E-state index is 11.4. The van der Waals surface area contributed by atoms with Gasteiger partial charge in [-0.05, 0) is 43.7 Å². The number of piperidine rings is 1. The number of rotatable bonds is 4. The smallest absolute Gasteiger partial charge is 0.307 e. The minimum absolute atomic E-state index is 0.225. The highest BCUT2D eigenvalue weighted by atomic mass is 16.7. The highest BCUT2D eigenvalue weighted by molar-refractivity contribution is 5.70. The molecular weight excluding hydrogens is 360 g/mol. The van der Waals surface area contributed by atoms with Crippen molar-refractivity contribution in [3.8, 4) is 22.8 Å². The van der Waals surface area contributed by atoms with Gasteiger partial charge >= 0.3 is 5.97 Å². The molecule has 0 saturated carbocycles. The Morgan fingerprint density at radius 3 is 3.07 bits per heavy atom. The number of hydrogen-bond donors (Lipinski definition) is 1. The molecule has 1 atom stereocenters. The van der Waals surface area contributed by atoms with Crippen LogP contribution >= 0.6 is 0 Å². The average molecular weight is 380 g/mol. The first-order valence-electron chi connectivity index (χ1n) is 9.36. The van der Waals surface area contributed by atoms with Gasteiger partial charge in [0.2, 0.25) is 12.6 Å². The molecule has 8 heteroatoms. The van der Waals surface area contributed by atoms with Crippen LogP contribution in [0.4, 0.5) is 0 Å². The predicted molar refractivity (Wildman–Crippen MR) is 100 cm³/mol. The molecule has 8 nitrogen and oxygen atoms in total. The lowest BCUT2D eigenvalue weighted by molar-refractivity contribution is -0.143. The van der Waals surface area contributed by atoms with Crippen molar-refractivity contribution in [2.75, 3.05) is 19.9 Å². The van der Waals surface area contributed by atoms with E-state index in [-0.39, 0.29) is 12.7 Å². The van der Waals surface area contributed by atoms with E-state index < -0.39 is 5.97 Å². The van der Waals surface area contributed by atoms with Crippen LogP contribution in [0.2, 0.25) is 0 Å². The molecule has 1 unspecified atom stereocenters. The number of aromatic nitrogens is 3. The van der Waals surface area contributed by atoms with Crippen LogP contribution in [-0.2, 0) is 11.3 Å². The molecule has 2 aliphatic heterocycles. The second-order valence-electron chi connectivity index (χ2n) is 7.18. The summed E-state index contributed by atoms with van der Waals surface area (Å²) in [6.07, 6.45) is 5.28. The van der Waals surface area contributed by atoms with Crippen molar-refractivity contribution < 1.29 is 19.4 Å². The van der Waals surface area contributed by atoms with Crippen molar-refractivity contribution in [3.63, 3.8) is 0 Å². The molecular formula is C20H20N4O4. The molecule has 0 aliphatic carbocycles. The van der Waals surface area contributed by atoms with Crippen molar-refractivity contribution in [2.24, 2.45) is 5.92 Å². The number of benzene rings is 1. The van der Waals surface area contributed by atoms with Crippen LogP contribution in [0.15, 0.2) is 36.7 Å². The van der Waals surface area contributed by atoms with Gasteiger partial charge in [0.15, 0.2) is 11.5 Å². The third-order valence-corrected chi connectivity index (χ3v) is 5.38. The SMILES string of the molecule is O=C(O)C1CCCN(Cc2c(-c3ccc4c(c3)OCO4)nc3ncccn23)C1. The van der Waals surface area contributed by atoms with E-state index in [4.69, 9.17) is 14.5 Å². The quantitative estimate of drug-likeness (QED) is 0.743. The Morgan fingerprint density at radius 2 is 2.18 bits per heavy atom. The summed E-state index contributed by atoms with van der Waals surface area (Å²) in [7, 11) is 0. The molecule has 1 saturated heterocycles. The fraction of sp³-hybridized carbons (Fsp3) is 0.350. The summed E-state index contributed by atoms with van der Waals surface area (Å²) in [4.78, 5) is 22.7. The molecule has 2 aromatic heterocycles. The summed E-state index contributed by atoms with van der Waals surface area (Å²) in [5.41, 5.74) is 2.75. The van der Waals surface area contributed by atoms with Gasteiger partial charge in [-0.3, -0.25) is 14.1 Å². The summed E-state index contributed by atoms with van der Waals surface area (Å²) in [5, 5.41) is 9.40. The number of carboxylic acid groups (broad SMARTS) is 1. The third-order valence-electron chi connectivity index (χ3n) is 5.38. The zero-order chi connectivity index (χ0) is 19.1. The Balaban J connectivity index is 1.54. The second kappa shape index (κ2) is 6.79. The average Bonchev–Trinajstić information content (AvgIpc) is 3.32. The van der Waals surface area contributed by atoms with Gasteiger partial charge in [0, 0.05) is 31.0 Å². The van der Waals surface area contributed by atoms with E-state index in [0.717, 1.165) is 42.1 Å². The van der Waals surface area contributed by atoms with E-state index in [1.807, 2.05) is 34.9 Å². The summed E-state index contributed by atoms with van der Waals surface area (Å²) in [6.45, 7) is 2.25. The molecule has 0 spiro atoms. The summed E-state index contributed by atoms with van der Waals surface area (Å²) >= 11 is 0. The van der Waals surface area contributed by atoms with Crippen LogP contribution in [-0.4, -0.2) is 50.2 Å². The number of aliphatic carboxylic acids is 1. The van der Waals surface area contributed by atoms with Gasteiger partial charge < -0.3 is 14.6 Å². The molecule has 144 valence electrons. The molecule has 5 rings (SSSR count). The summed E-state index contributed by atoms with van der Waals surface area (Å²) in [5.74, 6) is 1.02. The van der Waals surface area contributed by atoms with Crippen LogP contribution in [0.5, 0.6) is 11.5 Å². The van der Waals surface area contributed by atoms with Crippen LogP contribution in [0.3, 0.4) is 0 Å². The predicted octanol–water partition coefficient (Wildman–Crippen LogP) is 2.42. The molecule has 3 aromatic rings. The Labute approximate surface area is 161 Å². The Hall–Kier alpha value is -3.13. The fourth-order valence-electron chi connectivity index (χ4n) is 3.97. The van der Waals surface area contributed by atoms with E-state index in [1.54, 1.807) is 6.20 Å². The maximum Gasteiger partial charge on any atom is 0.307 e. The molecule has 1 fully saturated rings. The Morgan fingerprint density at radius 1 is 1.29 bits per heavy atom. The van der Waals surface area contributed by atoms with Crippen LogP contribution in [0.25, 0.3) is 17.0 Å². The summed E-state index contributed by atoms with van der Waals surface area (Å²) in [6, 6.07) is 7.66. The first-order valence-corrected chi connectivity index (χ1v) is 9.36. The molecule has 0 amide bonds. The van der Waals surface area contributed by atoms with E-state index in [1.165, 1.54) is 0 Å². The van der Waals surface area contributed by atoms with E-state index in [2.05, 4.69) is 9.88 Å². The van der Waals surface area contributed by atoms with Crippen molar-refractivity contribution in [3.05, 3.63) is 42.4 Å². The number of nitrogens with zero attached hydrogens (tertiary/aromatic N) is 4. The van der Waals surface area contributed by atoms with Gasteiger partial charge in [0.05, 0.1) is 17.3 Å². The molecule has 1 aromatic carbocycles. The monoisotopic (exact) mass is 380 g/mol. The van der Waals surface area contributed by atoms with Crippen molar-refractivity contribution in [2.45, 2.75) is 19.4 Å². The molecule has 0 bridgehead atoms. The van der Waals surface area contributed by atoms with Gasteiger partial charge in [-0.15, -0.1) is 0 Å². The second-order valence-corrected chi connectivity index (χ2v) is 7.18. The molecule has 2 aliphatic rings. The van der Waals surface area contributed by atoms with Gasteiger partial charge in [-0.2, -0.15) is 0 Å². The van der Waals surface area contributed by atoms with Gasteiger partial charge in [-0.25, -0.2) is 9.97 Å². The number of imidazole rings is 1. The molecule has 1 N–H and O–H groups in total. The number of hydrogen-bond acceptors (Lipinski definition) is 6. The van der Waals surface area contributed by atoms with E-state index >= 15 is 0 Å². The van der Waals surface area contributed by atoms with Crippen LogP contribution in [0.1, 0.15) is 18.5 Å².